The number of piperidine rings is 1. The van der Waals surface area contributed by atoms with Gasteiger partial charge in [0.15, 0.2) is 0 Å². The summed E-state index contributed by atoms with van der Waals surface area (Å²) in [6, 6.07) is 10.4. The van der Waals surface area contributed by atoms with Crippen LogP contribution in [-0.2, 0) is 9.47 Å². The Balaban J connectivity index is 1.90. The number of hydrogen-bond acceptors (Lipinski definition) is 7. The fraction of sp³-hybridized carbons (Fsp3) is 0.545. The minimum atomic E-state index is 0.613. The van der Waals surface area contributed by atoms with Gasteiger partial charge in [0.25, 0.3) is 0 Å². The van der Waals surface area contributed by atoms with Gasteiger partial charge >= 0.3 is 0 Å². The van der Waals surface area contributed by atoms with Crippen LogP contribution in [0.2, 0.25) is 0 Å². The standard InChI is InChI=1S/C22H33N5O2/c1-18-7-9-19(10-8-18)23-20-17-21(26-11-5-4-6-12-26)25-22(24-20)27(13-15-28-2)14-16-29-3/h7-10,17H,4-6,11-16H2,1-3H3,(H,23,24,25). The van der Waals surface area contributed by atoms with Gasteiger partial charge in [-0.15, -0.1) is 0 Å². The third kappa shape index (κ3) is 6.30. The second kappa shape index (κ2) is 11.0. The lowest BCUT2D eigenvalue weighted by atomic mass is 10.1. The van der Waals surface area contributed by atoms with Crippen molar-refractivity contribution in [2.24, 2.45) is 0 Å². The van der Waals surface area contributed by atoms with Crippen molar-refractivity contribution in [1.29, 1.82) is 0 Å². The zero-order chi connectivity index (χ0) is 20.5. The van der Waals surface area contributed by atoms with E-state index in [-0.39, 0.29) is 0 Å². The number of nitrogens with one attached hydrogen (secondary N) is 1. The van der Waals surface area contributed by atoms with E-state index in [0.29, 0.717) is 32.3 Å². The van der Waals surface area contributed by atoms with Gasteiger partial charge in [0.2, 0.25) is 5.95 Å². The van der Waals surface area contributed by atoms with Crippen molar-refractivity contribution >= 4 is 23.3 Å². The molecule has 158 valence electrons. The first-order valence-electron chi connectivity index (χ1n) is 10.4. The molecule has 1 aliphatic rings. The molecule has 0 amide bonds. The highest BCUT2D eigenvalue weighted by Gasteiger charge is 2.18. The van der Waals surface area contributed by atoms with Crippen molar-refractivity contribution in [2.75, 3.05) is 68.7 Å². The summed E-state index contributed by atoms with van der Waals surface area (Å²) < 4.78 is 10.6. The van der Waals surface area contributed by atoms with Crippen LogP contribution >= 0.6 is 0 Å². The smallest absolute Gasteiger partial charge is 0.229 e. The molecule has 1 aromatic carbocycles. The van der Waals surface area contributed by atoms with Gasteiger partial charge in [-0.05, 0) is 38.3 Å². The van der Waals surface area contributed by atoms with Crippen molar-refractivity contribution in [3.05, 3.63) is 35.9 Å². The Hall–Kier alpha value is -2.38. The van der Waals surface area contributed by atoms with E-state index in [1.807, 2.05) is 0 Å². The van der Waals surface area contributed by atoms with E-state index < -0.39 is 0 Å². The molecule has 0 spiro atoms. The Bertz CT molecular complexity index is 739. The molecule has 29 heavy (non-hydrogen) atoms. The first kappa shape index (κ1) is 21.3. The predicted octanol–water partition coefficient (Wildman–Crippen LogP) is 3.62. The highest BCUT2D eigenvalue weighted by Crippen LogP contribution is 2.25. The summed E-state index contributed by atoms with van der Waals surface area (Å²) in [4.78, 5) is 14.2. The molecule has 0 atom stereocenters. The molecule has 1 aliphatic heterocycles. The SMILES string of the molecule is COCCN(CCOC)c1nc(Nc2ccc(C)cc2)cc(N2CCCCC2)n1. The van der Waals surface area contributed by atoms with E-state index in [9.17, 15) is 0 Å². The normalized spacial score (nSPS) is 14.1. The Morgan fingerprint density at radius 3 is 2.24 bits per heavy atom. The molecule has 7 nitrogen and oxygen atoms in total. The number of ether oxygens (including phenoxy) is 2. The molecule has 0 radical (unpaired) electrons. The summed E-state index contributed by atoms with van der Waals surface area (Å²) in [5, 5.41) is 3.45. The fourth-order valence-corrected chi connectivity index (χ4v) is 3.41. The van der Waals surface area contributed by atoms with E-state index in [1.54, 1.807) is 14.2 Å². The molecule has 0 saturated carbocycles. The van der Waals surface area contributed by atoms with Crippen LogP contribution in [-0.4, -0.2) is 63.6 Å². The number of methoxy groups -OCH3 is 2. The van der Waals surface area contributed by atoms with Gasteiger partial charge in [-0.2, -0.15) is 9.97 Å². The summed E-state index contributed by atoms with van der Waals surface area (Å²) in [6.45, 7) is 6.82. The molecule has 1 fully saturated rings. The van der Waals surface area contributed by atoms with Crippen LogP contribution < -0.4 is 15.1 Å². The highest BCUT2D eigenvalue weighted by atomic mass is 16.5. The predicted molar refractivity (Wildman–Crippen MR) is 119 cm³/mol. The number of nitrogens with zero attached hydrogens (tertiary/aromatic N) is 4. The lowest BCUT2D eigenvalue weighted by molar-refractivity contribution is 0.189. The second-order valence-electron chi connectivity index (χ2n) is 7.42. The zero-order valence-electron chi connectivity index (χ0n) is 17.9. The number of hydrogen-bond donors (Lipinski definition) is 1. The summed E-state index contributed by atoms with van der Waals surface area (Å²) in [5.41, 5.74) is 2.25. The van der Waals surface area contributed by atoms with Crippen molar-refractivity contribution in [2.45, 2.75) is 26.2 Å². The van der Waals surface area contributed by atoms with Crippen LogP contribution in [0.25, 0.3) is 0 Å². The molecule has 2 aromatic rings. The summed E-state index contributed by atoms with van der Waals surface area (Å²) in [5.74, 6) is 2.49. The molecule has 0 unspecified atom stereocenters. The maximum atomic E-state index is 5.29. The van der Waals surface area contributed by atoms with Crippen LogP contribution in [0.1, 0.15) is 24.8 Å². The monoisotopic (exact) mass is 399 g/mol. The third-order valence-corrected chi connectivity index (χ3v) is 5.12. The summed E-state index contributed by atoms with van der Waals surface area (Å²) >= 11 is 0. The minimum Gasteiger partial charge on any atom is -0.383 e. The van der Waals surface area contributed by atoms with E-state index in [2.05, 4.69) is 52.4 Å². The van der Waals surface area contributed by atoms with Gasteiger partial charge < -0.3 is 24.6 Å². The first-order chi connectivity index (χ1) is 14.2. The van der Waals surface area contributed by atoms with Crippen LogP contribution in [0, 0.1) is 6.92 Å². The van der Waals surface area contributed by atoms with Gasteiger partial charge in [-0.25, -0.2) is 0 Å². The molecule has 0 aliphatic carbocycles. The Morgan fingerprint density at radius 2 is 1.62 bits per heavy atom. The van der Waals surface area contributed by atoms with Crippen LogP contribution in [0.15, 0.2) is 30.3 Å². The summed E-state index contributed by atoms with van der Waals surface area (Å²) in [6.07, 6.45) is 3.70. The van der Waals surface area contributed by atoms with Crippen LogP contribution in [0.3, 0.4) is 0 Å². The van der Waals surface area contributed by atoms with Gasteiger partial charge in [0.1, 0.15) is 11.6 Å². The number of aryl methyl sites for hydroxylation is 1. The number of anilines is 4. The molecular formula is C22H33N5O2. The van der Waals surface area contributed by atoms with Crippen molar-refractivity contribution in [3.63, 3.8) is 0 Å². The van der Waals surface area contributed by atoms with Gasteiger partial charge in [-0.1, -0.05) is 17.7 Å². The Morgan fingerprint density at radius 1 is 0.966 bits per heavy atom. The quantitative estimate of drug-likeness (QED) is 0.655. The van der Waals surface area contributed by atoms with Crippen molar-refractivity contribution in [1.82, 2.24) is 9.97 Å². The third-order valence-electron chi connectivity index (χ3n) is 5.12. The molecular weight excluding hydrogens is 366 g/mol. The molecule has 2 heterocycles. The molecule has 3 rings (SSSR count). The number of benzene rings is 1. The second-order valence-corrected chi connectivity index (χ2v) is 7.42. The largest absolute Gasteiger partial charge is 0.383 e. The minimum absolute atomic E-state index is 0.613. The topological polar surface area (TPSA) is 62.8 Å². The Kier molecular flexibility index (Phi) is 8.07. The average Bonchev–Trinajstić information content (AvgIpc) is 2.76. The zero-order valence-corrected chi connectivity index (χ0v) is 17.9. The van der Waals surface area contributed by atoms with Gasteiger partial charge in [0.05, 0.1) is 13.2 Å². The lowest BCUT2D eigenvalue weighted by Crippen LogP contribution is -2.34. The maximum absolute atomic E-state index is 5.29. The molecule has 1 aromatic heterocycles. The molecule has 1 N–H and O–H groups in total. The maximum Gasteiger partial charge on any atom is 0.229 e. The number of rotatable bonds is 10. The van der Waals surface area contributed by atoms with E-state index in [1.165, 1.54) is 24.8 Å². The average molecular weight is 400 g/mol. The molecule has 0 bridgehead atoms. The fourth-order valence-electron chi connectivity index (χ4n) is 3.41. The molecule has 7 heteroatoms. The summed E-state index contributed by atoms with van der Waals surface area (Å²) in [7, 11) is 3.42. The van der Waals surface area contributed by atoms with E-state index >= 15 is 0 Å². The lowest BCUT2D eigenvalue weighted by Gasteiger charge is -2.30. The van der Waals surface area contributed by atoms with Crippen LogP contribution in [0.5, 0.6) is 0 Å². The highest BCUT2D eigenvalue weighted by molar-refractivity contribution is 5.62. The number of aromatic nitrogens is 2. The van der Waals surface area contributed by atoms with Gasteiger partial charge in [0, 0.05) is 52.2 Å². The molecule has 1 saturated heterocycles. The van der Waals surface area contributed by atoms with Crippen molar-refractivity contribution < 1.29 is 9.47 Å². The van der Waals surface area contributed by atoms with E-state index in [0.717, 1.165) is 30.4 Å². The Labute approximate surface area is 174 Å². The van der Waals surface area contributed by atoms with Crippen molar-refractivity contribution in [3.8, 4) is 0 Å². The van der Waals surface area contributed by atoms with Crippen LogP contribution in [0.4, 0.5) is 23.3 Å². The first-order valence-corrected chi connectivity index (χ1v) is 10.4. The van der Waals surface area contributed by atoms with E-state index in [4.69, 9.17) is 19.4 Å². The van der Waals surface area contributed by atoms with Gasteiger partial charge in [-0.3, -0.25) is 0 Å².